The summed E-state index contributed by atoms with van der Waals surface area (Å²) in [5.41, 5.74) is 0.962. The van der Waals surface area contributed by atoms with Crippen molar-refractivity contribution >= 4 is 23.9 Å². The number of fused-ring (bicyclic) bond motifs is 2. The van der Waals surface area contributed by atoms with Crippen molar-refractivity contribution < 1.29 is 24.2 Å². The highest BCUT2D eigenvalue weighted by molar-refractivity contribution is 6.02. The normalized spacial score (nSPS) is 16.5. The van der Waals surface area contributed by atoms with E-state index in [9.17, 15) is 19.5 Å². The van der Waals surface area contributed by atoms with E-state index in [0.29, 0.717) is 29.2 Å². The van der Waals surface area contributed by atoms with Gasteiger partial charge in [0.05, 0.1) is 12.1 Å². The Bertz CT molecular complexity index is 1060. The molecule has 164 valence electrons. The van der Waals surface area contributed by atoms with Crippen LogP contribution in [0.25, 0.3) is 0 Å². The van der Waals surface area contributed by atoms with E-state index in [1.807, 2.05) is 0 Å². The van der Waals surface area contributed by atoms with E-state index < -0.39 is 17.7 Å². The van der Waals surface area contributed by atoms with Crippen molar-refractivity contribution in [2.45, 2.75) is 51.2 Å². The van der Waals surface area contributed by atoms with E-state index in [1.165, 1.54) is 4.90 Å². The number of carbonyl (C=O) groups excluding carboxylic acids is 2. The van der Waals surface area contributed by atoms with Crippen molar-refractivity contribution in [1.82, 2.24) is 14.9 Å². The van der Waals surface area contributed by atoms with Gasteiger partial charge in [0.2, 0.25) is 5.95 Å². The predicted octanol–water partition coefficient (Wildman–Crippen LogP) is 2.78. The molecular weight excluding hydrogens is 400 g/mol. The third-order valence-corrected chi connectivity index (χ3v) is 5.66. The number of nitrogens with one attached hydrogen (secondary N) is 1. The third-order valence-electron chi connectivity index (χ3n) is 5.66. The molecule has 4 rings (SSSR count). The smallest absolute Gasteiger partial charge is 0.416 e. The number of rotatable bonds is 4. The van der Waals surface area contributed by atoms with E-state index in [4.69, 9.17) is 4.74 Å². The van der Waals surface area contributed by atoms with Crippen LogP contribution in [-0.2, 0) is 16.7 Å². The maximum Gasteiger partial charge on any atom is 0.416 e. The fraction of sp³-hybridized carbons (Fsp3) is 0.455. The monoisotopic (exact) mass is 426 g/mol. The number of aromatic carboxylic acids is 1. The highest BCUT2D eigenvalue weighted by atomic mass is 16.6. The van der Waals surface area contributed by atoms with Gasteiger partial charge < -0.3 is 19.7 Å². The van der Waals surface area contributed by atoms with Crippen molar-refractivity contribution in [3.05, 3.63) is 46.8 Å². The number of hydrogen-bond donors (Lipinski definition) is 2. The summed E-state index contributed by atoms with van der Waals surface area (Å²) < 4.78 is 7.11. The number of benzene rings is 1. The fourth-order valence-corrected chi connectivity index (χ4v) is 4.06. The number of ether oxygens (including phenoxy) is 1. The molecule has 9 heteroatoms. The quantitative estimate of drug-likeness (QED) is 0.777. The minimum atomic E-state index is -1.05. The van der Waals surface area contributed by atoms with E-state index in [-0.39, 0.29) is 23.4 Å². The van der Waals surface area contributed by atoms with Crippen LogP contribution < -0.4 is 10.2 Å². The largest absolute Gasteiger partial charge is 0.478 e. The van der Waals surface area contributed by atoms with Gasteiger partial charge in [0.25, 0.3) is 5.91 Å². The molecule has 0 radical (unpaired) electrons. The van der Waals surface area contributed by atoms with Gasteiger partial charge in [0.1, 0.15) is 5.60 Å². The number of anilines is 1. The number of aromatic nitrogens is 2. The molecule has 0 atom stereocenters. The molecule has 0 bridgehead atoms. The lowest BCUT2D eigenvalue weighted by Crippen LogP contribution is -2.40. The maximum atomic E-state index is 12.5. The Morgan fingerprint density at radius 3 is 2.65 bits per heavy atom. The van der Waals surface area contributed by atoms with Crippen LogP contribution in [0.15, 0.2) is 24.5 Å². The average Bonchev–Trinajstić information content (AvgIpc) is 3.31. The molecule has 0 saturated heterocycles. The lowest BCUT2D eigenvalue weighted by atomic mass is 9.82. The number of amides is 2. The summed E-state index contributed by atoms with van der Waals surface area (Å²) in [5.74, 6) is -0.948. The summed E-state index contributed by atoms with van der Waals surface area (Å²) in [4.78, 5) is 42.5. The molecule has 1 saturated carbocycles. The van der Waals surface area contributed by atoms with Crippen LogP contribution in [0, 0.1) is 0 Å². The molecule has 2 N–H and O–H groups in total. The van der Waals surface area contributed by atoms with Crippen molar-refractivity contribution in [3.8, 4) is 0 Å². The number of nitrogens with zero attached hydrogens (tertiary/aromatic N) is 3. The van der Waals surface area contributed by atoms with Crippen LogP contribution in [0.4, 0.5) is 10.7 Å². The Labute approximate surface area is 180 Å². The lowest BCUT2D eigenvalue weighted by molar-refractivity contribution is 0.0585. The second-order valence-corrected chi connectivity index (χ2v) is 9.23. The maximum absolute atomic E-state index is 12.5. The van der Waals surface area contributed by atoms with Crippen molar-refractivity contribution in [3.63, 3.8) is 0 Å². The second-order valence-electron chi connectivity index (χ2n) is 9.23. The summed E-state index contributed by atoms with van der Waals surface area (Å²) in [6, 6.07) is 3.37. The van der Waals surface area contributed by atoms with Gasteiger partial charge in [-0.2, -0.15) is 0 Å². The Hall–Kier alpha value is -3.36. The van der Waals surface area contributed by atoms with Crippen molar-refractivity contribution in [2.24, 2.45) is 0 Å². The van der Waals surface area contributed by atoms with E-state index in [2.05, 4.69) is 10.3 Å². The molecule has 2 aliphatic rings. The number of carboxylic acids is 1. The standard InChI is InChI=1S/C22H26N4O5/c1-21(2,3)31-20(30)25(4)19-23-7-8-26(19)11-13-9-14-16(15(10-13)18(28)29)22(5-6-22)12-24-17(14)27/h7-10H,5-6,11-12H2,1-4H3,(H,24,27)(H,28,29). The molecule has 1 aromatic carbocycles. The molecule has 2 heterocycles. The Balaban J connectivity index is 1.68. The van der Waals surface area contributed by atoms with Crippen molar-refractivity contribution in [1.29, 1.82) is 0 Å². The number of hydrogen-bond acceptors (Lipinski definition) is 5. The molecular formula is C22H26N4O5. The fourth-order valence-electron chi connectivity index (χ4n) is 4.06. The van der Waals surface area contributed by atoms with Crippen LogP contribution in [0.3, 0.4) is 0 Å². The van der Waals surface area contributed by atoms with Gasteiger partial charge in [-0.25, -0.2) is 14.6 Å². The first-order valence-electron chi connectivity index (χ1n) is 10.2. The zero-order chi connectivity index (χ0) is 22.6. The first-order valence-corrected chi connectivity index (χ1v) is 10.2. The molecule has 2 amide bonds. The molecule has 1 spiro atoms. The van der Waals surface area contributed by atoms with Crippen molar-refractivity contribution in [2.75, 3.05) is 18.5 Å². The highest BCUT2D eigenvalue weighted by Crippen LogP contribution is 2.52. The zero-order valence-corrected chi connectivity index (χ0v) is 18.1. The third kappa shape index (κ3) is 3.87. The number of carbonyl (C=O) groups is 3. The molecule has 9 nitrogen and oxygen atoms in total. The minimum Gasteiger partial charge on any atom is -0.478 e. The first-order chi connectivity index (χ1) is 14.5. The summed E-state index contributed by atoms with van der Waals surface area (Å²) in [5, 5.41) is 12.7. The van der Waals surface area contributed by atoms with Gasteiger partial charge in [0, 0.05) is 37.0 Å². The predicted molar refractivity (Wildman–Crippen MR) is 113 cm³/mol. The Morgan fingerprint density at radius 2 is 2.03 bits per heavy atom. The van der Waals surface area contributed by atoms with Crippen LogP contribution in [-0.4, -0.2) is 51.8 Å². The summed E-state index contributed by atoms with van der Waals surface area (Å²) in [7, 11) is 1.56. The first kappa shape index (κ1) is 20.9. The topological polar surface area (TPSA) is 114 Å². The van der Waals surface area contributed by atoms with E-state index in [1.54, 1.807) is 56.9 Å². The second kappa shape index (κ2) is 7.11. The highest BCUT2D eigenvalue weighted by Gasteiger charge is 2.51. The lowest BCUT2D eigenvalue weighted by Gasteiger charge is -2.28. The van der Waals surface area contributed by atoms with Gasteiger partial charge in [-0.15, -0.1) is 0 Å². The summed E-state index contributed by atoms with van der Waals surface area (Å²) >= 11 is 0. The SMILES string of the molecule is CN(C(=O)OC(C)(C)C)c1nccn1Cc1cc(C(=O)O)c2c(c1)C(=O)NCC21CC1. The Kier molecular flexibility index (Phi) is 4.79. The van der Waals surface area contributed by atoms with Gasteiger partial charge >= 0.3 is 12.1 Å². The van der Waals surface area contributed by atoms with Gasteiger partial charge in [0.15, 0.2) is 0 Å². The molecule has 31 heavy (non-hydrogen) atoms. The van der Waals surface area contributed by atoms with Crippen LogP contribution in [0.1, 0.15) is 65.5 Å². The van der Waals surface area contributed by atoms with Gasteiger partial charge in [-0.3, -0.25) is 9.69 Å². The van der Waals surface area contributed by atoms with E-state index >= 15 is 0 Å². The molecule has 2 aromatic rings. The number of imidazole rings is 1. The Morgan fingerprint density at radius 1 is 1.32 bits per heavy atom. The minimum absolute atomic E-state index is 0.169. The molecule has 1 aliphatic heterocycles. The zero-order valence-electron chi connectivity index (χ0n) is 18.1. The number of carboxylic acid groups (broad SMARTS) is 1. The average molecular weight is 426 g/mol. The van der Waals surface area contributed by atoms with Crippen LogP contribution >= 0.6 is 0 Å². The van der Waals surface area contributed by atoms with Crippen LogP contribution in [0.5, 0.6) is 0 Å². The molecule has 1 aromatic heterocycles. The van der Waals surface area contributed by atoms with Crippen LogP contribution in [0.2, 0.25) is 0 Å². The molecule has 1 fully saturated rings. The van der Waals surface area contributed by atoms with E-state index in [0.717, 1.165) is 12.8 Å². The molecule has 0 unspecified atom stereocenters. The molecule has 1 aliphatic carbocycles. The van der Waals surface area contributed by atoms with Gasteiger partial charge in [-0.05, 0) is 56.9 Å². The summed E-state index contributed by atoms with van der Waals surface area (Å²) in [6.45, 7) is 6.07. The van der Waals surface area contributed by atoms with Gasteiger partial charge in [-0.1, -0.05) is 0 Å². The summed E-state index contributed by atoms with van der Waals surface area (Å²) in [6.07, 6.45) is 4.43.